The lowest BCUT2D eigenvalue weighted by Gasteiger charge is -2.36. The molecule has 0 bridgehead atoms. The third kappa shape index (κ3) is 5.50. The van der Waals surface area contributed by atoms with Crippen molar-refractivity contribution in [3.8, 4) is 0 Å². The number of nitro benzene ring substituents is 1. The highest BCUT2D eigenvalue weighted by molar-refractivity contribution is 7.96. The standard InChI is InChI=1S/C21H19N3O7S/c1-13(21(27)31-12-15-7-9-16(10-8-15)24(28)29)32(30)20-18(19(26)23-20)22-17(25)11-14-5-3-2-4-6-14/h2-10,18,20H,1,11-12H2,(H,22,25)(H,23,26)/t18-,20-,32?/m1/s1. The lowest BCUT2D eigenvalue weighted by molar-refractivity contribution is -0.384. The van der Waals surface area contributed by atoms with E-state index in [9.17, 15) is 29.1 Å². The number of esters is 1. The number of nitrogens with one attached hydrogen (secondary N) is 2. The van der Waals surface area contributed by atoms with Crippen molar-refractivity contribution >= 4 is 34.6 Å². The smallest absolute Gasteiger partial charge is 0.386 e. The van der Waals surface area contributed by atoms with Crippen LogP contribution in [-0.2, 0) is 43.3 Å². The van der Waals surface area contributed by atoms with E-state index in [1.807, 2.05) is 6.07 Å². The van der Waals surface area contributed by atoms with Gasteiger partial charge in [-0.2, -0.15) is 0 Å². The third-order valence-electron chi connectivity index (χ3n) is 4.61. The van der Waals surface area contributed by atoms with Gasteiger partial charge in [0.1, 0.15) is 6.61 Å². The fourth-order valence-electron chi connectivity index (χ4n) is 2.86. The monoisotopic (exact) mass is 457 g/mol. The number of ether oxygens (including phenoxy) is 1. The maximum Gasteiger partial charge on any atom is 0.386 e. The van der Waals surface area contributed by atoms with Gasteiger partial charge in [-0.3, -0.25) is 19.7 Å². The Hall–Kier alpha value is -3.70. The van der Waals surface area contributed by atoms with E-state index in [1.54, 1.807) is 24.3 Å². The van der Waals surface area contributed by atoms with Crippen LogP contribution >= 0.6 is 0 Å². The van der Waals surface area contributed by atoms with Gasteiger partial charge in [-0.1, -0.05) is 30.3 Å². The van der Waals surface area contributed by atoms with Crippen molar-refractivity contribution in [1.82, 2.24) is 10.6 Å². The average Bonchev–Trinajstić information content (AvgIpc) is 2.79. The lowest BCUT2D eigenvalue weighted by atomic mass is 10.1. The Kier molecular flexibility index (Phi) is 7.23. The van der Waals surface area contributed by atoms with Crippen molar-refractivity contribution in [3.63, 3.8) is 0 Å². The Morgan fingerprint density at radius 3 is 2.38 bits per heavy atom. The van der Waals surface area contributed by atoms with Crippen LogP contribution in [0.5, 0.6) is 0 Å². The van der Waals surface area contributed by atoms with Crippen molar-refractivity contribution in [2.45, 2.75) is 24.4 Å². The van der Waals surface area contributed by atoms with E-state index >= 15 is 0 Å². The van der Waals surface area contributed by atoms with Gasteiger partial charge in [0.25, 0.3) is 11.6 Å². The summed E-state index contributed by atoms with van der Waals surface area (Å²) in [6, 6.07) is 13.2. The molecule has 0 aromatic heterocycles. The summed E-state index contributed by atoms with van der Waals surface area (Å²) in [5.74, 6) is -1.89. The number of carbonyl (C=O) groups excluding carboxylic acids is 3. The predicted octanol–water partition coefficient (Wildman–Crippen LogP) is 1.08. The van der Waals surface area contributed by atoms with Crippen LogP contribution in [0.25, 0.3) is 0 Å². The molecule has 1 aliphatic heterocycles. The summed E-state index contributed by atoms with van der Waals surface area (Å²) in [5, 5.41) is 14.6. The van der Waals surface area contributed by atoms with Gasteiger partial charge >= 0.3 is 5.97 Å². The molecular formula is C21H19N3O7S. The Morgan fingerprint density at radius 2 is 1.78 bits per heavy atom. The van der Waals surface area contributed by atoms with Gasteiger partial charge in [-0.15, -0.1) is 0 Å². The van der Waals surface area contributed by atoms with E-state index in [2.05, 4.69) is 17.2 Å². The van der Waals surface area contributed by atoms with E-state index in [4.69, 9.17) is 4.74 Å². The maximum absolute atomic E-state index is 12.7. The number of hydrogen-bond acceptors (Lipinski definition) is 7. The molecule has 10 nitrogen and oxygen atoms in total. The van der Waals surface area contributed by atoms with Crippen molar-refractivity contribution in [2.75, 3.05) is 0 Å². The summed E-state index contributed by atoms with van der Waals surface area (Å²) in [7, 11) is 0. The molecule has 0 saturated carbocycles. The number of amides is 2. The van der Waals surface area contributed by atoms with Crippen LogP contribution in [0.15, 0.2) is 66.1 Å². The van der Waals surface area contributed by atoms with Gasteiger partial charge in [0, 0.05) is 23.3 Å². The van der Waals surface area contributed by atoms with Crippen molar-refractivity contribution in [2.24, 2.45) is 0 Å². The number of β-lactam (4-membered cyclic amide) rings is 1. The fraction of sp³-hybridized carbons (Fsp3) is 0.190. The number of carbonyl (C=O) groups is 3. The Labute approximate surface area is 186 Å². The highest BCUT2D eigenvalue weighted by Crippen LogP contribution is 2.22. The summed E-state index contributed by atoms with van der Waals surface area (Å²) in [5.41, 5.74) is 1.14. The van der Waals surface area contributed by atoms with Gasteiger partial charge in [0.15, 0.2) is 6.04 Å². The number of nitro groups is 1. The molecule has 166 valence electrons. The second-order valence-electron chi connectivity index (χ2n) is 6.86. The minimum Gasteiger partial charge on any atom is -0.610 e. The number of benzene rings is 2. The molecule has 11 heteroatoms. The van der Waals surface area contributed by atoms with E-state index in [0.29, 0.717) is 5.56 Å². The van der Waals surface area contributed by atoms with Gasteiger partial charge in [-0.05, 0) is 29.8 Å². The minimum absolute atomic E-state index is 0.0438. The number of hydrogen-bond donors (Lipinski definition) is 2. The number of nitrogens with zero attached hydrogens (tertiary/aromatic N) is 1. The van der Waals surface area contributed by atoms with Gasteiger partial charge in [0.2, 0.25) is 16.2 Å². The van der Waals surface area contributed by atoms with E-state index in [1.165, 1.54) is 24.3 Å². The predicted molar refractivity (Wildman–Crippen MR) is 114 cm³/mol. The van der Waals surface area contributed by atoms with Crippen LogP contribution in [0.2, 0.25) is 0 Å². The molecule has 1 saturated heterocycles. The van der Waals surface area contributed by atoms with Crippen molar-refractivity contribution in [3.05, 3.63) is 87.3 Å². The normalized spacial score (nSPS) is 18.0. The SMILES string of the molecule is C=C(C(=O)OCc1ccc([N+](=O)[O-])cc1)[S+]([O-])[C@H]1NC(=O)[C@H]1NC(=O)Cc1ccccc1. The van der Waals surface area contributed by atoms with E-state index in [0.717, 1.165) is 5.56 Å². The van der Waals surface area contributed by atoms with Gasteiger partial charge in [-0.25, -0.2) is 4.79 Å². The molecule has 0 radical (unpaired) electrons. The Bertz CT molecular complexity index is 1040. The Balaban J connectivity index is 1.52. The zero-order valence-corrected chi connectivity index (χ0v) is 17.5. The van der Waals surface area contributed by atoms with Crippen LogP contribution in [0.3, 0.4) is 0 Å². The second-order valence-corrected chi connectivity index (χ2v) is 8.45. The molecule has 32 heavy (non-hydrogen) atoms. The highest BCUT2D eigenvalue weighted by Gasteiger charge is 2.50. The average molecular weight is 457 g/mol. The molecule has 2 aromatic rings. The molecule has 3 rings (SSSR count). The molecule has 1 fully saturated rings. The van der Waals surface area contributed by atoms with Crippen molar-refractivity contribution < 1.29 is 28.6 Å². The first kappa shape index (κ1) is 23.0. The molecule has 2 amide bonds. The summed E-state index contributed by atoms with van der Waals surface area (Å²) in [6.07, 6.45) is 0.0438. The van der Waals surface area contributed by atoms with Crippen LogP contribution < -0.4 is 10.6 Å². The van der Waals surface area contributed by atoms with Crippen LogP contribution in [0.4, 0.5) is 5.69 Å². The maximum atomic E-state index is 12.7. The van der Waals surface area contributed by atoms with E-state index in [-0.39, 0.29) is 23.6 Å². The molecule has 0 aliphatic carbocycles. The molecule has 3 atom stereocenters. The minimum atomic E-state index is -2.04. The highest BCUT2D eigenvalue weighted by atomic mass is 32.2. The summed E-state index contributed by atoms with van der Waals surface area (Å²) >= 11 is -2.04. The van der Waals surface area contributed by atoms with Crippen molar-refractivity contribution in [1.29, 1.82) is 0 Å². The molecule has 0 spiro atoms. The molecule has 2 aromatic carbocycles. The van der Waals surface area contributed by atoms with Crippen LogP contribution in [-0.4, -0.2) is 38.7 Å². The molecular weight excluding hydrogens is 438 g/mol. The quantitative estimate of drug-likeness (QED) is 0.143. The zero-order valence-electron chi connectivity index (χ0n) is 16.7. The second kappa shape index (κ2) is 10.1. The molecule has 1 heterocycles. The molecule has 1 unspecified atom stereocenters. The van der Waals surface area contributed by atoms with Crippen LogP contribution in [0, 0.1) is 10.1 Å². The summed E-state index contributed by atoms with van der Waals surface area (Å²) in [6.45, 7) is 3.28. The number of rotatable bonds is 9. The van der Waals surface area contributed by atoms with Gasteiger partial charge in [0.05, 0.1) is 11.3 Å². The first-order valence-electron chi connectivity index (χ1n) is 9.40. The molecule has 1 aliphatic rings. The molecule has 2 N–H and O–H groups in total. The zero-order chi connectivity index (χ0) is 23.3. The lowest BCUT2D eigenvalue weighted by Crippen LogP contribution is -2.72. The summed E-state index contributed by atoms with van der Waals surface area (Å²) < 4.78 is 17.7. The largest absolute Gasteiger partial charge is 0.610 e. The fourth-order valence-corrected chi connectivity index (χ4v) is 4.05. The van der Waals surface area contributed by atoms with Crippen LogP contribution in [0.1, 0.15) is 11.1 Å². The topological polar surface area (TPSA) is 151 Å². The first-order chi connectivity index (χ1) is 15.3. The Morgan fingerprint density at radius 1 is 1.12 bits per heavy atom. The van der Waals surface area contributed by atoms with E-state index < -0.39 is 45.3 Å². The summed E-state index contributed by atoms with van der Waals surface area (Å²) in [4.78, 5) is 46.0. The van der Waals surface area contributed by atoms with Gasteiger partial charge < -0.3 is 19.9 Å². The third-order valence-corrected chi connectivity index (χ3v) is 6.12. The number of non-ortho nitro benzene ring substituents is 1. The first-order valence-corrected chi connectivity index (χ1v) is 10.6.